The minimum atomic E-state index is -4.54. The summed E-state index contributed by atoms with van der Waals surface area (Å²) in [7, 11) is 0. The standard InChI is InChI=1S/C20H18ClF3N2O2/c21-15-7-5-14(6-8-15)19(28)26-11-9-13(10-12-26)18(27)25-17-4-2-1-3-16(17)20(22,23)24/h1-8,13H,9-12H2,(H,25,27). The molecular weight excluding hydrogens is 393 g/mol. The first-order valence-corrected chi connectivity index (χ1v) is 9.15. The van der Waals surface area contributed by atoms with Gasteiger partial charge in [-0.05, 0) is 49.2 Å². The fraction of sp³-hybridized carbons (Fsp3) is 0.300. The number of benzene rings is 2. The van der Waals surface area contributed by atoms with Crippen molar-refractivity contribution in [2.24, 2.45) is 5.92 Å². The summed E-state index contributed by atoms with van der Waals surface area (Å²) in [6.45, 7) is 0.723. The van der Waals surface area contributed by atoms with E-state index in [0.29, 0.717) is 36.5 Å². The van der Waals surface area contributed by atoms with Crippen LogP contribution in [0.3, 0.4) is 0 Å². The van der Waals surface area contributed by atoms with Crippen molar-refractivity contribution < 1.29 is 22.8 Å². The van der Waals surface area contributed by atoms with Crippen molar-refractivity contribution in [2.45, 2.75) is 19.0 Å². The molecule has 1 saturated heterocycles. The topological polar surface area (TPSA) is 49.4 Å². The molecule has 148 valence electrons. The summed E-state index contributed by atoms with van der Waals surface area (Å²) >= 11 is 5.82. The summed E-state index contributed by atoms with van der Waals surface area (Å²) in [5.41, 5.74) is -0.621. The summed E-state index contributed by atoms with van der Waals surface area (Å²) in [6, 6.07) is 11.4. The molecule has 0 radical (unpaired) electrons. The number of alkyl halides is 3. The Kier molecular flexibility index (Phi) is 5.93. The van der Waals surface area contributed by atoms with E-state index in [-0.39, 0.29) is 11.6 Å². The number of carbonyl (C=O) groups excluding carboxylic acids is 2. The molecule has 1 aliphatic heterocycles. The summed E-state index contributed by atoms with van der Waals surface area (Å²) in [4.78, 5) is 26.6. The van der Waals surface area contributed by atoms with Crippen LogP contribution in [0.25, 0.3) is 0 Å². The Balaban J connectivity index is 1.60. The number of halogens is 4. The van der Waals surface area contributed by atoms with Crippen molar-refractivity contribution in [1.29, 1.82) is 0 Å². The highest BCUT2D eigenvalue weighted by atomic mass is 35.5. The maximum atomic E-state index is 13.1. The van der Waals surface area contributed by atoms with E-state index < -0.39 is 23.6 Å². The van der Waals surface area contributed by atoms with Gasteiger partial charge in [0.1, 0.15) is 0 Å². The lowest BCUT2D eigenvalue weighted by Crippen LogP contribution is -2.41. The van der Waals surface area contributed by atoms with Gasteiger partial charge in [0.2, 0.25) is 5.91 Å². The Labute approximate surface area is 165 Å². The van der Waals surface area contributed by atoms with Crippen LogP contribution in [0, 0.1) is 5.92 Å². The van der Waals surface area contributed by atoms with Gasteiger partial charge in [-0.15, -0.1) is 0 Å². The summed E-state index contributed by atoms with van der Waals surface area (Å²) in [5, 5.41) is 2.93. The minimum Gasteiger partial charge on any atom is -0.339 e. The third-order valence-electron chi connectivity index (χ3n) is 4.73. The van der Waals surface area contributed by atoms with E-state index in [1.54, 1.807) is 29.2 Å². The van der Waals surface area contributed by atoms with Gasteiger partial charge < -0.3 is 10.2 Å². The number of amides is 2. The van der Waals surface area contributed by atoms with Crippen LogP contribution in [0.5, 0.6) is 0 Å². The van der Waals surface area contributed by atoms with Crippen LogP contribution in [0.1, 0.15) is 28.8 Å². The van der Waals surface area contributed by atoms with E-state index in [9.17, 15) is 22.8 Å². The van der Waals surface area contributed by atoms with Gasteiger partial charge in [-0.3, -0.25) is 9.59 Å². The molecule has 1 fully saturated rings. The highest BCUT2D eigenvalue weighted by Crippen LogP contribution is 2.35. The van der Waals surface area contributed by atoms with Gasteiger partial charge in [-0.25, -0.2) is 0 Å². The van der Waals surface area contributed by atoms with Crippen molar-refractivity contribution in [3.05, 3.63) is 64.7 Å². The third-order valence-corrected chi connectivity index (χ3v) is 4.99. The predicted molar refractivity (Wildman–Crippen MR) is 100 cm³/mol. The Bertz CT molecular complexity index is 860. The molecule has 8 heteroatoms. The lowest BCUT2D eigenvalue weighted by atomic mass is 9.95. The summed E-state index contributed by atoms with van der Waals surface area (Å²) in [5.74, 6) is -1.07. The number of piperidine rings is 1. The Morgan fingerprint density at radius 1 is 1.00 bits per heavy atom. The highest BCUT2D eigenvalue weighted by Gasteiger charge is 2.34. The third kappa shape index (κ3) is 4.65. The van der Waals surface area contributed by atoms with Gasteiger partial charge in [0.15, 0.2) is 0 Å². The van der Waals surface area contributed by atoms with E-state index >= 15 is 0 Å². The molecule has 0 aromatic heterocycles. The second-order valence-electron chi connectivity index (χ2n) is 6.61. The summed E-state index contributed by atoms with van der Waals surface area (Å²) in [6.07, 6.45) is -3.77. The summed E-state index contributed by atoms with van der Waals surface area (Å²) < 4.78 is 39.2. The zero-order valence-corrected chi connectivity index (χ0v) is 15.6. The maximum absolute atomic E-state index is 13.1. The van der Waals surface area contributed by atoms with Crippen molar-refractivity contribution in [3.63, 3.8) is 0 Å². The van der Waals surface area contributed by atoms with E-state index in [4.69, 9.17) is 11.6 Å². The van der Waals surface area contributed by atoms with Crippen molar-refractivity contribution in [1.82, 2.24) is 4.90 Å². The fourth-order valence-corrected chi connectivity index (χ4v) is 3.32. The number of carbonyl (C=O) groups is 2. The number of likely N-dealkylation sites (tertiary alicyclic amines) is 1. The van der Waals surface area contributed by atoms with E-state index in [2.05, 4.69) is 5.32 Å². The molecule has 0 saturated carbocycles. The molecule has 0 spiro atoms. The van der Waals surface area contributed by atoms with Crippen LogP contribution in [0.4, 0.5) is 18.9 Å². The molecule has 0 bridgehead atoms. The maximum Gasteiger partial charge on any atom is 0.418 e. The van der Waals surface area contributed by atoms with Crippen LogP contribution >= 0.6 is 11.6 Å². The predicted octanol–water partition coefficient (Wildman–Crippen LogP) is 4.85. The Morgan fingerprint density at radius 3 is 2.21 bits per heavy atom. The smallest absolute Gasteiger partial charge is 0.339 e. The second kappa shape index (κ2) is 8.22. The van der Waals surface area contributed by atoms with Crippen LogP contribution in [0.2, 0.25) is 5.02 Å². The molecule has 0 atom stereocenters. The molecule has 4 nitrogen and oxygen atoms in total. The normalized spacial score (nSPS) is 15.4. The van der Waals surface area contributed by atoms with Crippen LogP contribution < -0.4 is 5.32 Å². The highest BCUT2D eigenvalue weighted by molar-refractivity contribution is 6.30. The quantitative estimate of drug-likeness (QED) is 0.786. The van der Waals surface area contributed by atoms with Gasteiger partial charge in [0.25, 0.3) is 5.91 Å². The lowest BCUT2D eigenvalue weighted by Gasteiger charge is -2.31. The SMILES string of the molecule is O=C(Nc1ccccc1C(F)(F)F)C1CCN(C(=O)c2ccc(Cl)cc2)CC1. The second-order valence-corrected chi connectivity index (χ2v) is 7.04. The van der Waals surface area contributed by atoms with Gasteiger partial charge in [-0.2, -0.15) is 13.2 Å². The van der Waals surface area contributed by atoms with Crippen molar-refractivity contribution in [2.75, 3.05) is 18.4 Å². The number of para-hydroxylation sites is 1. The molecule has 1 heterocycles. The average Bonchev–Trinajstić information content (AvgIpc) is 2.68. The number of hydrogen-bond acceptors (Lipinski definition) is 2. The molecule has 3 rings (SSSR count). The zero-order chi connectivity index (χ0) is 20.3. The molecule has 2 amide bonds. The molecule has 1 aliphatic rings. The first-order valence-electron chi connectivity index (χ1n) is 8.77. The van der Waals surface area contributed by atoms with Crippen molar-refractivity contribution in [3.8, 4) is 0 Å². The van der Waals surface area contributed by atoms with Gasteiger partial charge in [-0.1, -0.05) is 23.7 Å². The minimum absolute atomic E-state index is 0.155. The van der Waals surface area contributed by atoms with Gasteiger partial charge in [0.05, 0.1) is 11.3 Å². The Hall–Kier alpha value is -2.54. The zero-order valence-electron chi connectivity index (χ0n) is 14.8. The number of rotatable bonds is 3. The molecule has 0 aliphatic carbocycles. The molecule has 2 aromatic carbocycles. The fourth-order valence-electron chi connectivity index (χ4n) is 3.19. The van der Waals surface area contributed by atoms with E-state index in [0.717, 1.165) is 6.07 Å². The molecule has 2 aromatic rings. The average molecular weight is 411 g/mol. The Morgan fingerprint density at radius 2 is 1.61 bits per heavy atom. The van der Waals surface area contributed by atoms with Crippen molar-refractivity contribution >= 4 is 29.1 Å². The first-order chi connectivity index (χ1) is 13.3. The number of hydrogen-bond donors (Lipinski definition) is 1. The molecule has 0 unspecified atom stereocenters. The van der Waals surface area contributed by atoms with Crippen LogP contribution in [0.15, 0.2) is 48.5 Å². The number of anilines is 1. The van der Waals surface area contributed by atoms with Gasteiger partial charge >= 0.3 is 6.18 Å². The van der Waals surface area contributed by atoms with Crippen LogP contribution in [-0.4, -0.2) is 29.8 Å². The molecular formula is C20H18ClF3N2O2. The molecule has 28 heavy (non-hydrogen) atoms. The monoisotopic (exact) mass is 410 g/mol. The number of nitrogens with one attached hydrogen (secondary N) is 1. The lowest BCUT2D eigenvalue weighted by molar-refractivity contribution is -0.137. The largest absolute Gasteiger partial charge is 0.418 e. The molecule has 1 N–H and O–H groups in total. The van der Waals surface area contributed by atoms with Gasteiger partial charge in [0, 0.05) is 29.6 Å². The van der Waals surface area contributed by atoms with E-state index in [1.807, 2.05) is 0 Å². The number of nitrogens with zero attached hydrogens (tertiary/aromatic N) is 1. The first kappa shape index (κ1) is 20.2. The van der Waals surface area contributed by atoms with E-state index in [1.165, 1.54) is 18.2 Å². The van der Waals surface area contributed by atoms with Crippen LogP contribution in [-0.2, 0) is 11.0 Å².